The van der Waals surface area contributed by atoms with E-state index in [2.05, 4.69) is 76.7 Å². The van der Waals surface area contributed by atoms with E-state index in [4.69, 9.17) is 4.42 Å². The highest BCUT2D eigenvalue weighted by Gasteiger charge is 2.35. The number of thiophene rings is 1. The number of aromatic nitrogens is 5. The monoisotopic (exact) mass is 516 g/mol. The van der Waals surface area contributed by atoms with Crippen LogP contribution in [0.25, 0.3) is 10.9 Å². The maximum Gasteiger partial charge on any atom is 0.253 e. The second-order valence-electron chi connectivity index (χ2n) is 9.91. The van der Waals surface area contributed by atoms with E-state index >= 15 is 0 Å². The lowest BCUT2D eigenvalue weighted by Crippen LogP contribution is -2.37. The van der Waals surface area contributed by atoms with Crippen molar-refractivity contribution in [3.05, 3.63) is 98.1 Å². The summed E-state index contributed by atoms with van der Waals surface area (Å²) in [5, 5.41) is 16.1. The smallest absolute Gasteiger partial charge is 0.253 e. The first-order chi connectivity index (χ1) is 17.9. The molecule has 0 spiro atoms. The lowest BCUT2D eigenvalue weighted by Gasteiger charge is -2.33. The molecular formula is C28H32N6O2S. The summed E-state index contributed by atoms with van der Waals surface area (Å²) < 4.78 is 7.62. The second kappa shape index (κ2) is 10.4. The number of nitrogens with one attached hydrogen (secondary N) is 1. The zero-order chi connectivity index (χ0) is 26.0. The highest BCUT2D eigenvalue weighted by molar-refractivity contribution is 7.09. The third kappa shape index (κ3) is 5.14. The molecule has 1 atom stereocenters. The molecule has 9 heteroatoms. The third-order valence-corrected chi connectivity index (χ3v) is 7.92. The average molecular weight is 517 g/mol. The first kappa shape index (κ1) is 25.1. The van der Waals surface area contributed by atoms with E-state index in [1.807, 2.05) is 35.0 Å². The Morgan fingerprint density at radius 1 is 1.14 bits per heavy atom. The van der Waals surface area contributed by atoms with E-state index in [1.54, 1.807) is 17.6 Å². The molecule has 0 saturated carbocycles. The molecule has 37 heavy (non-hydrogen) atoms. The van der Waals surface area contributed by atoms with Gasteiger partial charge in [-0.1, -0.05) is 26.0 Å². The molecule has 5 rings (SSSR count). The first-order valence-electron chi connectivity index (χ1n) is 12.6. The molecule has 5 aromatic rings. The van der Waals surface area contributed by atoms with Gasteiger partial charge in [-0.15, -0.1) is 16.4 Å². The number of rotatable bonds is 10. The van der Waals surface area contributed by atoms with Gasteiger partial charge < -0.3 is 9.40 Å². The van der Waals surface area contributed by atoms with Gasteiger partial charge in [-0.2, -0.15) is 0 Å². The van der Waals surface area contributed by atoms with Crippen molar-refractivity contribution in [3.8, 4) is 0 Å². The van der Waals surface area contributed by atoms with Gasteiger partial charge in [-0.05, 0) is 89.8 Å². The Morgan fingerprint density at radius 2 is 2.00 bits per heavy atom. The van der Waals surface area contributed by atoms with Crippen molar-refractivity contribution in [2.75, 3.05) is 0 Å². The number of nitrogens with zero attached hydrogens (tertiary/aromatic N) is 5. The number of tetrazole rings is 1. The van der Waals surface area contributed by atoms with Crippen LogP contribution in [0.5, 0.6) is 0 Å². The molecule has 0 unspecified atom stereocenters. The minimum Gasteiger partial charge on any atom is -0.468 e. The number of hydrogen-bond donors (Lipinski definition) is 1. The third-order valence-electron chi connectivity index (χ3n) is 7.06. The van der Waals surface area contributed by atoms with Crippen LogP contribution in [0.3, 0.4) is 0 Å². The summed E-state index contributed by atoms with van der Waals surface area (Å²) in [5.41, 5.74) is 2.14. The average Bonchev–Trinajstić information content (AvgIpc) is 3.68. The quantitative estimate of drug-likeness (QED) is 0.257. The van der Waals surface area contributed by atoms with E-state index in [9.17, 15) is 4.79 Å². The Morgan fingerprint density at radius 3 is 2.70 bits per heavy atom. The predicted octanol–water partition coefficient (Wildman–Crippen LogP) is 5.67. The summed E-state index contributed by atoms with van der Waals surface area (Å²) in [4.78, 5) is 20.2. The fourth-order valence-corrected chi connectivity index (χ4v) is 5.31. The van der Waals surface area contributed by atoms with Gasteiger partial charge in [-0.3, -0.25) is 9.69 Å². The van der Waals surface area contributed by atoms with Crippen molar-refractivity contribution in [2.24, 2.45) is 0 Å². The van der Waals surface area contributed by atoms with Gasteiger partial charge in [-0.25, -0.2) is 4.68 Å². The van der Waals surface area contributed by atoms with Crippen LogP contribution in [-0.2, 0) is 25.0 Å². The predicted molar refractivity (Wildman–Crippen MR) is 145 cm³/mol. The maximum absolute atomic E-state index is 13.7. The molecule has 8 nitrogen and oxygen atoms in total. The van der Waals surface area contributed by atoms with Gasteiger partial charge in [0, 0.05) is 22.5 Å². The molecule has 1 N–H and O–H groups in total. The molecule has 192 valence electrons. The number of H-pyrrole nitrogens is 1. The number of hydrogen-bond acceptors (Lipinski definition) is 7. The number of furan rings is 1. The van der Waals surface area contributed by atoms with Gasteiger partial charge in [0.2, 0.25) is 0 Å². The SMILES string of the molecule is CCc1ccc2[nH]c(=O)c([C@H](c3nnnn3C(C)(C)CC)N(Cc3ccco3)Cc3cccs3)cc2c1. The Bertz CT molecular complexity index is 1480. The lowest BCUT2D eigenvalue weighted by atomic mass is 9.98. The van der Waals surface area contributed by atoms with Gasteiger partial charge >= 0.3 is 0 Å². The summed E-state index contributed by atoms with van der Waals surface area (Å²) >= 11 is 1.68. The normalized spacial score (nSPS) is 13.0. The van der Waals surface area contributed by atoms with Gasteiger partial charge in [0.1, 0.15) is 11.8 Å². The van der Waals surface area contributed by atoms with Gasteiger partial charge in [0.15, 0.2) is 5.82 Å². The Balaban J connectivity index is 1.73. The van der Waals surface area contributed by atoms with Crippen LogP contribution >= 0.6 is 11.3 Å². The van der Waals surface area contributed by atoms with Crippen LogP contribution in [-0.4, -0.2) is 30.1 Å². The summed E-state index contributed by atoms with van der Waals surface area (Å²) in [6.45, 7) is 9.55. The van der Waals surface area contributed by atoms with E-state index < -0.39 is 6.04 Å². The molecule has 4 aromatic heterocycles. The Labute approximate surface area is 219 Å². The molecular weight excluding hydrogens is 484 g/mol. The van der Waals surface area contributed by atoms with Gasteiger partial charge in [0.05, 0.1) is 18.3 Å². The zero-order valence-electron chi connectivity index (χ0n) is 21.6. The fourth-order valence-electron chi connectivity index (χ4n) is 4.58. The van der Waals surface area contributed by atoms with E-state index in [1.165, 1.54) is 10.4 Å². The molecule has 0 saturated heterocycles. The highest BCUT2D eigenvalue weighted by Crippen LogP contribution is 2.33. The van der Waals surface area contributed by atoms with Crippen LogP contribution in [0, 0.1) is 0 Å². The van der Waals surface area contributed by atoms with Crippen molar-refractivity contribution in [3.63, 3.8) is 0 Å². The fraction of sp³-hybridized carbons (Fsp3) is 0.357. The topological polar surface area (TPSA) is 92.8 Å². The van der Waals surface area contributed by atoms with Crippen molar-refractivity contribution >= 4 is 22.2 Å². The molecule has 0 aliphatic carbocycles. The Hall–Kier alpha value is -3.56. The number of aromatic amines is 1. The summed E-state index contributed by atoms with van der Waals surface area (Å²) in [6, 6.07) is 15.6. The van der Waals surface area contributed by atoms with Crippen LogP contribution < -0.4 is 5.56 Å². The van der Waals surface area contributed by atoms with Gasteiger partial charge in [0.25, 0.3) is 5.56 Å². The van der Waals surface area contributed by atoms with E-state index in [-0.39, 0.29) is 11.1 Å². The van der Waals surface area contributed by atoms with Crippen molar-refractivity contribution in [1.82, 2.24) is 30.1 Å². The number of fused-ring (bicyclic) bond motifs is 1. The standard InChI is InChI=1S/C28H32N6O2S/c1-5-19-11-12-24-20(15-19)16-23(27(35)29-24)25(26-30-31-32-34(26)28(3,4)6-2)33(17-21-9-7-13-36-21)18-22-10-8-14-37-22/h7-16,25H,5-6,17-18H2,1-4H3,(H,29,35)/t25-/m1/s1. The van der Waals surface area contributed by atoms with Crippen LogP contribution in [0.4, 0.5) is 0 Å². The summed E-state index contributed by atoms with van der Waals surface area (Å²) in [7, 11) is 0. The van der Waals surface area contributed by atoms with Crippen LogP contribution in [0.2, 0.25) is 0 Å². The van der Waals surface area contributed by atoms with E-state index in [0.717, 1.165) is 29.5 Å². The van der Waals surface area contributed by atoms with Crippen LogP contribution in [0.15, 0.2) is 69.4 Å². The lowest BCUT2D eigenvalue weighted by molar-refractivity contribution is 0.169. The van der Waals surface area contributed by atoms with Crippen molar-refractivity contribution in [1.29, 1.82) is 0 Å². The summed E-state index contributed by atoms with van der Waals surface area (Å²) in [5.74, 6) is 1.44. The van der Waals surface area contributed by atoms with Crippen molar-refractivity contribution in [2.45, 2.75) is 65.2 Å². The highest BCUT2D eigenvalue weighted by atomic mass is 32.1. The van der Waals surface area contributed by atoms with Crippen molar-refractivity contribution < 1.29 is 4.42 Å². The Kier molecular flexibility index (Phi) is 7.08. The maximum atomic E-state index is 13.7. The first-order valence-corrected chi connectivity index (χ1v) is 13.5. The molecule has 4 heterocycles. The number of pyridine rings is 1. The summed E-state index contributed by atoms with van der Waals surface area (Å²) in [6.07, 6.45) is 3.42. The molecule has 0 aliphatic rings. The van der Waals surface area contributed by atoms with Crippen LogP contribution in [0.1, 0.15) is 67.7 Å². The molecule has 0 aliphatic heterocycles. The number of benzene rings is 1. The zero-order valence-corrected chi connectivity index (χ0v) is 22.5. The number of aryl methyl sites for hydroxylation is 1. The molecule has 0 fully saturated rings. The molecule has 1 aromatic carbocycles. The van der Waals surface area contributed by atoms with E-state index in [0.29, 0.717) is 24.5 Å². The molecule has 0 radical (unpaired) electrons. The molecule has 0 amide bonds. The minimum absolute atomic E-state index is 0.152. The minimum atomic E-state index is -0.508. The second-order valence-corrected chi connectivity index (χ2v) is 10.9. The molecule has 0 bridgehead atoms. The largest absolute Gasteiger partial charge is 0.468 e.